The van der Waals surface area contributed by atoms with Gasteiger partial charge in [0, 0.05) is 12.1 Å². The molecule has 19 heavy (non-hydrogen) atoms. The Kier molecular flexibility index (Phi) is 5.29. The van der Waals surface area contributed by atoms with Gasteiger partial charge in [-0.3, -0.25) is 4.79 Å². The molecule has 6 nitrogen and oxygen atoms in total. The van der Waals surface area contributed by atoms with Crippen LogP contribution in [0, 0.1) is 0 Å². The molecule has 0 fully saturated rings. The molecule has 1 atom stereocenters. The van der Waals surface area contributed by atoms with Crippen molar-refractivity contribution in [3.63, 3.8) is 0 Å². The predicted molar refractivity (Wildman–Crippen MR) is 70.0 cm³/mol. The summed E-state index contributed by atoms with van der Waals surface area (Å²) in [6.45, 7) is 1.81. The quantitative estimate of drug-likeness (QED) is 0.808. The largest absolute Gasteiger partial charge is 0.493 e. The molecule has 0 aliphatic carbocycles. The molecule has 6 heteroatoms. The van der Waals surface area contributed by atoms with E-state index in [0.717, 1.165) is 0 Å². The first kappa shape index (κ1) is 14.9. The van der Waals surface area contributed by atoms with E-state index in [9.17, 15) is 4.79 Å². The van der Waals surface area contributed by atoms with Gasteiger partial charge in [0.05, 0.1) is 21.3 Å². The van der Waals surface area contributed by atoms with Gasteiger partial charge >= 0.3 is 0 Å². The fourth-order valence-corrected chi connectivity index (χ4v) is 1.63. The molecule has 0 aliphatic rings. The van der Waals surface area contributed by atoms with E-state index in [1.165, 1.54) is 21.3 Å². The van der Waals surface area contributed by atoms with Crippen molar-refractivity contribution >= 4 is 5.91 Å². The van der Waals surface area contributed by atoms with Crippen LogP contribution in [-0.4, -0.2) is 33.3 Å². The van der Waals surface area contributed by atoms with Crippen LogP contribution >= 0.6 is 0 Å². The Balaban J connectivity index is 3.12. The highest BCUT2D eigenvalue weighted by molar-refractivity contribution is 5.79. The first-order chi connectivity index (χ1) is 9.07. The molecule has 0 aromatic heterocycles. The van der Waals surface area contributed by atoms with Crippen LogP contribution in [0.15, 0.2) is 12.1 Å². The summed E-state index contributed by atoms with van der Waals surface area (Å²) in [7, 11) is 4.53. The number of nitrogens with two attached hydrogens (primary N) is 1. The Bertz CT molecular complexity index is 422. The van der Waals surface area contributed by atoms with Gasteiger partial charge in [0.15, 0.2) is 17.6 Å². The second-order valence-electron chi connectivity index (χ2n) is 3.78. The highest BCUT2D eigenvalue weighted by atomic mass is 16.5. The minimum atomic E-state index is -0.692. The van der Waals surface area contributed by atoms with Crippen molar-refractivity contribution in [2.45, 2.75) is 19.4 Å². The third-order valence-electron chi connectivity index (χ3n) is 2.60. The SMILES string of the molecule is CCC(Oc1cc(OC)c(OC)c(OC)c1)C(N)=O. The molecule has 106 valence electrons. The first-order valence-electron chi connectivity index (χ1n) is 5.83. The first-order valence-corrected chi connectivity index (χ1v) is 5.83. The molecule has 0 saturated carbocycles. The lowest BCUT2D eigenvalue weighted by molar-refractivity contribution is -0.124. The van der Waals surface area contributed by atoms with Crippen LogP contribution in [0.5, 0.6) is 23.0 Å². The van der Waals surface area contributed by atoms with Crippen LogP contribution in [0.25, 0.3) is 0 Å². The van der Waals surface area contributed by atoms with E-state index in [0.29, 0.717) is 29.4 Å². The predicted octanol–water partition coefficient (Wildman–Crippen LogP) is 1.36. The van der Waals surface area contributed by atoms with Crippen LogP contribution in [0.2, 0.25) is 0 Å². The van der Waals surface area contributed by atoms with Crippen LogP contribution < -0.4 is 24.7 Å². The van der Waals surface area contributed by atoms with E-state index < -0.39 is 12.0 Å². The molecule has 0 aliphatic heterocycles. The third kappa shape index (κ3) is 3.43. The smallest absolute Gasteiger partial charge is 0.258 e. The van der Waals surface area contributed by atoms with E-state index >= 15 is 0 Å². The minimum absolute atomic E-state index is 0.431. The lowest BCUT2D eigenvalue weighted by Crippen LogP contribution is -2.32. The maximum Gasteiger partial charge on any atom is 0.258 e. The molecule has 1 rings (SSSR count). The Labute approximate surface area is 112 Å². The number of amides is 1. The van der Waals surface area contributed by atoms with Crippen molar-refractivity contribution < 1.29 is 23.7 Å². The van der Waals surface area contributed by atoms with Crippen LogP contribution in [-0.2, 0) is 4.79 Å². The van der Waals surface area contributed by atoms with Gasteiger partial charge in [0.1, 0.15) is 5.75 Å². The van der Waals surface area contributed by atoms with Crippen molar-refractivity contribution in [2.75, 3.05) is 21.3 Å². The zero-order chi connectivity index (χ0) is 14.4. The highest BCUT2D eigenvalue weighted by Gasteiger charge is 2.18. The molecule has 0 spiro atoms. The topological polar surface area (TPSA) is 80.0 Å². The van der Waals surface area contributed by atoms with Crippen molar-refractivity contribution in [3.8, 4) is 23.0 Å². The molecule has 1 aromatic carbocycles. The zero-order valence-corrected chi connectivity index (χ0v) is 11.6. The van der Waals surface area contributed by atoms with Gasteiger partial charge in [-0.1, -0.05) is 6.92 Å². The number of carbonyl (C=O) groups is 1. The van der Waals surface area contributed by atoms with Gasteiger partial charge in [-0.15, -0.1) is 0 Å². The Morgan fingerprint density at radius 1 is 1.16 bits per heavy atom. The van der Waals surface area contributed by atoms with E-state index in [2.05, 4.69) is 0 Å². The standard InChI is InChI=1S/C13H19NO5/c1-5-9(13(14)15)19-8-6-10(16-2)12(18-4)11(7-8)17-3/h6-7,9H,5H2,1-4H3,(H2,14,15). The zero-order valence-electron chi connectivity index (χ0n) is 11.6. The Morgan fingerprint density at radius 2 is 1.68 bits per heavy atom. The minimum Gasteiger partial charge on any atom is -0.493 e. The second kappa shape index (κ2) is 6.72. The Morgan fingerprint density at radius 3 is 2.00 bits per heavy atom. The molecule has 2 N–H and O–H groups in total. The van der Waals surface area contributed by atoms with Crippen molar-refractivity contribution in [1.29, 1.82) is 0 Å². The van der Waals surface area contributed by atoms with Gasteiger partial charge in [0.2, 0.25) is 5.75 Å². The fraction of sp³-hybridized carbons (Fsp3) is 0.462. The molecule has 0 heterocycles. The number of methoxy groups -OCH3 is 3. The monoisotopic (exact) mass is 269 g/mol. The van der Waals surface area contributed by atoms with E-state index in [1.54, 1.807) is 12.1 Å². The lowest BCUT2D eigenvalue weighted by Gasteiger charge is -2.17. The van der Waals surface area contributed by atoms with Gasteiger partial charge in [0.25, 0.3) is 5.91 Å². The van der Waals surface area contributed by atoms with E-state index in [1.807, 2.05) is 6.92 Å². The summed E-state index contributed by atoms with van der Waals surface area (Å²) in [5.74, 6) is 1.29. The lowest BCUT2D eigenvalue weighted by atomic mass is 10.2. The molecule has 0 bridgehead atoms. The second-order valence-corrected chi connectivity index (χ2v) is 3.78. The normalized spacial score (nSPS) is 11.6. The summed E-state index contributed by atoms with van der Waals surface area (Å²) in [6.07, 6.45) is -0.214. The average molecular weight is 269 g/mol. The van der Waals surface area contributed by atoms with E-state index in [-0.39, 0.29) is 0 Å². The summed E-state index contributed by atoms with van der Waals surface area (Å²) >= 11 is 0. The number of hydrogen-bond donors (Lipinski definition) is 1. The number of carbonyl (C=O) groups excluding carboxylic acids is 1. The summed E-state index contributed by atoms with van der Waals surface area (Å²) < 4.78 is 21.1. The summed E-state index contributed by atoms with van der Waals surface area (Å²) in [5, 5.41) is 0. The molecule has 0 radical (unpaired) electrons. The summed E-state index contributed by atoms with van der Waals surface area (Å²) in [6, 6.07) is 3.24. The third-order valence-corrected chi connectivity index (χ3v) is 2.60. The van der Waals surface area contributed by atoms with Gasteiger partial charge in [-0.2, -0.15) is 0 Å². The Hall–Kier alpha value is -2.11. The highest BCUT2D eigenvalue weighted by Crippen LogP contribution is 2.41. The molecule has 1 amide bonds. The van der Waals surface area contributed by atoms with Gasteiger partial charge in [-0.25, -0.2) is 0 Å². The summed E-state index contributed by atoms with van der Waals surface area (Å²) in [4.78, 5) is 11.2. The van der Waals surface area contributed by atoms with Crippen molar-refractivity contribution in [3.05, 3.63) is 12.1 Å². The van der Waals surface area contributed by atoms with E-state index in [4.69, 9.17) is 24.7 Å². The van der Waals surface area contributed by atoms with Crippen LogP contribution in [0.3, 0.4) is 0 Å². The average Bonchev–Trinajstić information content (AvgIpc) is 2.42. The maximum absolute atomic E-state index is 11.2. The molecular weight excluding hydrogens is 250 g/mol. The van der Waals surface area contributed by atoms with Crippen molar-refractivity contribution in [2.24, 2.45) is 5.73 Å². The number of benzene rings is 1. The van der Waals surface area contributed by atoms with Crippen LogP contribution in [0.4, 0.5) is 0 Å². The molecule has 1 aromatic rings. The van der Waals surface area contributed by atoms with Crippen LogP contribution in [0.1, 0.15) is 13.3 Å². The van der Waals surface area contributed by atoms with Gasteiger partial charge < -0.3 is 24.7 Å². The maximum atomic E-state index is 11.2. The summed E-state index contributed by atoms with van der Waals surface area (Å²) in [5.41, 5.74) is 5.24. The van der Waals surface area contributed by atoms with Gasteiger partial charge in [-0.05, 0) is 6.42 Å². The molecular formula is C13H19NO5. The number of hydrogen-bond acceptors (Lipinski definition) is 5. The number of primary amides is 1. The molecule has 0 saturated heterocycles. The van der Waals surface area contributed by atoms with Crippen molar-refractivity contribution in [1.82, 2.24) is 0 Å². The number of rotatable bonds is 7. The fourth-order valence-electron chi connectivity index (χ4n) is 1.63. The number of ether oxygens (including phenoxy) is 4. The molecule has 1 unspecified atom stereocenters.